The molecule has 0 radical (unpaired) electrons. The number of imide groups is 1. The van der Waals surface area contributed by atoms with E-state index in [1.807, 2.05) is 32.9 Å². The van der Waals surface area contributed by atoms with Crippen LogP contribution in [0.15, 0.2) is 36.4 Å². The van der Waals surface area contributed by atoms with Crippen LogP contribution in [-0.4, -0.2) is 53.3 Å². The number of fused-ring (bicyclic) bond motifs is 3. The van der Waals surface area contributed by atoms with Gasteiger partial charge in [-0.2, -0.15) is 0 Å². The number of hydrogen-bond acceptors (Lipinski definition) is 5. The van der Waals surface area contributed by atoms with Gasteiger partial charge in [-0.3, -0.25) is 19.3 Å². The molecule has 7 nitrogen and oxygen atoms in total. The van der Waals surface area contributed by atoms with Crippen LogP contribution in [-0.2, 0) is 11.2 Å². The highest BCUT2D eigenvalue weighted by Gasteiger charge is 2.46. The van der Waals surface area contributed by atoms with Crippen LogP contribution >= 0.6 is 0 Å². The van der Waals surface area contributed by atoms with E-state index in [4.69, 9.17) is 9.47 Å². The zero-order chi connectivity index (χ0) is 23.3. The van der Waals surface area contributed by atoms with Gasteiger partial charge in [0.25, 0.3) is 11.8 Å². The van der Waals surface area contributed by atoms with E-state index in [1.165, 1.54) is 0 Å². The number of carbonyl (C=O) groups is 3. The van der Waals surface area contributed by atoms with Crippen molar-refractivity contribution in [3.8, 4) is 11.5 Å². The monoisotopic (exact) mass is 448 g/mol. The number of rotatable bonds is 3. The summed E-state index contributed by atoms with van der Waals surface area (Å²) in [7, 11) is 0. The molecular weight excluding hydrogens is 420 g/mol. The third kappa shape index (κ3) is 3.46. The predicted molar refractivity (Wildman–Crippen MR) is 121 cm³/mol. The third-order valence-corrected chi connectivity index (χ3v) is 6.82. The number of amides is 3. The van der Waals surface area contributed by atoms with Gasteiger partial charge >= 0.3 is 0 Å². The molecule has 3 heterocycles. The molecule has 3 aliphatic heterocycles. The van der Waals surface area contributed by atoms with Gasteiger partial charge in [-0.15, -0.1) is 0 Å². The molecule has 172 valence electrons. The lowest BCUT2D eigenvalue weighted by molar-refractivity contribution is -0.139. The topological polar surface area (TPSA) is 76.2 Å². The number of carbonyl (C=O) groups excluding carboxylic acids is 3. The van der Waals surface area contributed by atoms with E-state index in [2.05, 4.69) is 0 Å². The van der Waals surface area contributed by atoms with Crippen LogP contribution in [0.5, 0.6) is 11.5 Å². The van der Waals surface area contributed by atoms with Gasteiger partial charge in [-0.25, -0.2) is 0 Å². The summed E-state index contributed by atoms with van der Waals surface area (Å²) in [6, 6.07) is 9.69. The second-order valence-electron chi connectivity index (χ2n) is 9.22. The molecule has 7 heteroatoms. The first-order valence-corrected chi connectivity index (χ1v) is 11.6. The summed E-state index contributed by atoms with van der Waals surface area (Å²) < 4.78 is 11.7. The Kier molecular flexibility index (Phi) is 5.35. The normalized spacial score (nSPS) is 20.4. The Labute approximate surface area is 193 Å². The minimum absolute atomic E-state index is 0.204. The van der Waals surface area contributed by atoms with Crippen molar-refractivity contribution in [2.45, 2.75) is 45.7 Å². The van der Waals surface area contributed by atoms with E-state index in [0.717, 1.165) is 28.2 Å². The Bertz CT molecular complexity index is 1110. The van der Waals surface area contributed by atoms with Crippen molar-refractivity contribution in [2.24, 2.45) is 5.92 Å². The second kappa shape index (κ2) is 8.21. The van der Waals surface area contributed by atoms with E-state index in [1.54, 1.807) is 29.2 Å². The van der Waals surface area contributed by atoms with Crippen LogP contribution in [0.25, 0.3) is 0 Å². The Hall–Kier alpha value is -3.35. The van der Waals surface area contributed by atoms with Gasteiger partial charge in [0.05, 0.1) is 30.4 Å². The van der Waals surface area contributed by atoms with E-state index in [0.29, 0.717) is 43.1 Å². The molecular formula is C26H28N2O5. The van der Waals surface area contributed by atoms with Crippen molar-refractivity contribution in [1.29, 1.82) is 0 Å². The summed E-state index contributed by atoms with van der Waals surface area (Å²) in [6.45, 7) is 7.47. The summed E-state index contributed by atoms with van der Waals surface area (Å²) in [5.74, 6) is 0.228. The van der Waals surface area contributed by atoms with Crippen molar-refractivity contribution in [3.63, 3.8) is 0 Å². The van der Waals surface area contributed by atoms with Gasteiger partial charge in [0.15, 0.2) is 11.5 Å². The zero-order valence-corrected chi connectivity index (χ0v) is 19.2. The Morgan fingerprint density at radius 3 is 2.21 bits per heavy atom. The highest BCUT2D eigenvalue weighted by atomic mass is 16.5. The molecule has 0 unspecified atom stereocenters. The van der Waals surface area contributed by atoms with Crippen molar-refractivity contribution < 1.29 is 23.9 Å². The zero-order valence-electron chi connectivity index (χ0n) is 19.2. The maximum Gasteiger partial charge on any atom is 0.262 e. The van der Waals surface area contributed by atoms with Crippen LogP contribution in [0.3, 0.4) is 0 Å². The fourth-order valence-corrected chi connectivity index (χ4v) is 5.10. The first kappa shape index (κ1) is 21.5. The Balaban J connectivity index is 1.46. The molecule has 2 atom stereocenters. The number of hydrogen-bond donors (Lipinski definition) is 0. The molecule has 0 N–H and O–H groups in total. The highest BCUT2D eigenvalue weighted by Crippen LogP contribution is 2.40. The summed E-state index contributed by atoms with van der Waals surface area (Å²) in [5.41, 5.74) is 2.87. The van der Waals surface area contributed by atoms with Gasteiger partial charge in [0, 0.05) is 13.0 Å². The molecule has 33 heavy (non-hydrogen) atoms. The Morgan fingerprint density at radius 1 is 1.00 bits per heavy atom. The van der Waals surface area contributed by atoms with Crippen molar-refractivity contribution in [3.05, 3.63) is 58.7 Å². The van der Waals surface area contributed by atoms with Crippen LogP contribution in [0.1, 0.15) is 65.1 Å². The molecule has 2 aromatic rings. The standard InChI is InChI=1S/C26H28N2O5/c1-15(2)23(28-24(29)18-7-4-5-8-19(18)25(28)30)26(31)27-10-9-17-13-21-22(14-20(17)16(27)3)33-12-6-11-32-21/h4-5,7-8,13-16,23H,6,9-12H2,1-3H3/t16-,23-/m1/s1. The van der Waals surface area contributed by atoms with E-state index < -0.39 is 17.9 Å². The lowest BCUT2D eigenvalue weighted by Gasteiger charge is -2.40. The van der Waals surface area contributed by atoms with Gasteiger partial charge in [0.2, 0.25) is 5.91 Å². The van der Waals surface area contributed by atoms with Gasteiger partial charge in [-0.05, 0) is 54.7 Å². The summed E-state index contributed by atoms with van der Waals surface area (Å²) in [6.07, 6.45) is 1.50. The van der Waals surface area contributed by atoms with Crippen LogP contribution in [0.2, 0.25) is 0 Å². The third-order valence-electron chi connectivity index (χ3n) is 6.82. The fourth-order valence-electron chi connectivity index (χ4n) is 5.10. The molecule has 3 aliphatic rings. The lowest BCUT2D eigenvalue weighted by Crippen LogP contribution is -2.55. The SMILES string of the molecule is CC(C)[C@H](C(=O)N1CCc2cc3c(cc2[C@H]1C)OCCCO3)N1C(=O)c2ccccc2C1=O. The molecule has 0 fully saturated rings. The molecule has 3 amide bonds. The highest BCUT2D eigenvalue weighted by molar-refractivity contribution is 6.22. The largest absolute Gasteiger partial charge is 0.490 e. The smallest absolute Gasteiger partial charge is 0.262 e. The molecule has 2 aromatic carbocycles. The van der Waals surface area contributed by atoms with E-state index in [9.17, 15) is 14.4 Å². The quantitative estimate of drug-likeness (QED) is 0.671. The second-order valence-corrected chi connectivity index (χ2v) is 9.22. The summed E-state index contributed by atoms with van der Waals surface area (Å²) >= 11 is 0. The fraction of sp³-hybridized carbons (Fsp3) is 0.423. The van der Waals surface area contributed by atoms with Crippen molar-refractivity contribution in [1.82, 2.24) is 9.80 Å². The van der Waals surface area contributed by atoms with Gasteiger partial charge in [0.1, 0.15) is 6.04 Å². The van der Waals surface area contributed by atoms with E-state index >= 15 is 0 Å². The summed E-state index contributed by atoms with van der Waals surface area (Å²) in [4.78, 5) is 43.0. The van der Waals surface area contributed by atoms with Crippen LogP contribution in [0, 0.1) is 5.92 Å². The maximum atomic E-state index is 13.9. The first-order chi connectivity index (χ1) is 15.9. The van der Waals surface area contributed by atoms with E-state index in [-0.39, 0.29) is 17.9 Å². The molecule has 0 aliphatic carbocycles. The van der Waals surface area contributed by atoms with Gasteiger partial charge in [-0.1, -0.05) is 26.0 Å². The van der Waals surface area contributed by atoms with Crippen LogP contribution in [0.4, 0.5) is 0 Å². The summed E-state index contributed by atoms with van der Waals surface area (Å²) in [5, 5.41) is 0. The minimum Gasteiger partial charge on any atom is -0.490 e. The average molecular weight is 449 g/mol. The first-order valence-electron chi connectivity index (χ1n) is 11.6. The molecule has 0 saturated carbocycles. The lowest BCUT2D eigenvalue weighted by atomic mass is 9.91. The molecule has 0 spiro atoms. The maximum absolute atomic E-state index is 13.9. The number of benzene rings is 2. The van der Waals surface area contributed by atoms with Crippen molar-refractivity contribution in [2.75, 3.05) is 19.8 Å². The predicted octanol–water partition coefficient (Wildman–Crippen LogP) is 3.61. The minimum atomic E-state index is -0.859. The number of ether oxygens (including phenoxy) is 2. The van der Waals surface area contributed by atoms with Crippen LogP contribution < -0.4 is 9.47 Å². The Morgan fingerprint density at radius 2 is 1.61 bits per heavy atom. The molecule has 5 rings (SSSR count). The number of nitrogens with zero attached hydrogens (tertiary/aromatic N) is 2. The van der Waals surface area contributed by atoms with Gasteiger partial charge < -0.3 is 14.4 Å². The average Bonchev–Trinajstić information content (AvgIpc) is 2.95. The molecule has 0 bridgehead atoms. The molecule has 0 saturated heterocycles. The van der Waals surface area contributed by atoms with Crippen molar-refractivity contribution >= 4 is 17.7 Å². The molecule has 0 aromatic heterocycles.